The molecule has 2 aromatic rings. The van der Waals surface area contributed by atoms with Gasteiger partial charge in [0.05, 0.1) is 11.3 Å². The fourth-order valence-electron chi connectivity index (χ4n) is 4.36. The van der Waals surface area contributed by atoms with Gasteiger partial charge in [0.25, 0.3) is 0 Å². The Kier molecular flexibility index (Phi) is 4.01. The second-order valence-corrected chi connectivity index (χ2v) is 8.77. The van der Waals surface area contributed by atoms with Crippen molar-refractivity contribution in [2.45, 2.75) is 32.1 Å². The quantitative estimate of drug-likeness (QED) is 0.734. The molecule has 0 unspecified atom stereocenters. The van der Waals surface area contributed by atoms with E-state index in [0.717, 1.165) is 40.8 Å². The van der Waals surface area contributed by atoms with E-state index in [0.29, 0.717) is 18.0 Å². The first-order chi connectivity index (χ1) is 12.3. The van der Waals surface area contributed by atoms with E-state index in [2.05, 4.69) is 9.27 Å². The molecule has 0 spiro atoms. The molecule has 1 saturated carbocycles. The van der Waals surface area contributed by atoms with Gasteiger partial charge in [0.15, 0.2) is 5.78 Å². The minimum absolute atomic E-state index is 0.219. The summed E-state index contributed by atoms with van der Waals surface area (Å²) in [4.78, 5) is 15.4. The smallest absolute Gasteiger partial charge is 0.183 e. The number of ether oxygens (including phenoxy) is 1. The van der Waals surface area contributed by atoms with Crippen molar-refractivity contribution >= 4 is 27.4 Å². The van der Waals surface area contributed by atoms with E-state index in [1.807, 2.05) is 18.2 Å². The normalized spacial score (nSPS) is 28.4. The number of carbonyl (C=O) groups is 1. The Morgan fingerprint density at radius 3 is 2.80 bits per heavy atom. The summed E-state index contributed by atoms with van der Waals surface area (Å²) in [6.45, 7) is 4.35. The summed E-state index contributed by atoms with van der Waals surface area (Å²) in [5.41, 5.74) is 0.671. The van der Waals surface area contributed by atoms with Gasteiger partial charge in [0.2, 0.25) is 0 Å². The molecule has 0 N–H and O–H groups in total. The first kappa shape index (κ1) is 15.8. The summed E-state index contributed by atoms with van der Waals surface area (Å²) in [6.07, 6.45) is 5.76. The molecule has 25 heavy (non-hydrogen) atoms. The topological polar surface area (TPSA) is 42.4 Å². The highest BCUT2D eigenvalue weighted by atomic mass is 32.1. The number of hydrogen-bond acceptors (Lipinski definition) is 5. The van der Waals surface area contributed by atoms with Crippen molar-refractivity contribution in [1.29, 1.82) is 0 Å². The molecule has 3 saturated heterocycles. The van der Waals surface area contributed by atoms with E-state index < -0.39 is 0 Å². The van der Waals surface area contributed by atoms with Crippen LogP contribution in [0.25, 0.3) is 10.1 Å². The number of piperidine rings is 3. The maximum Gasteiger partial charge on any atom is 0.183 e. The van der Waals surface area contributed by atoms with Gasteiger partial charge in [0.1, 0.15) is 11.4 Å². The van der Waals surface area contributed by atoms with Crippen molar-refractivity contribution < 1.29 is 9.53 Å². The molecule has 3 aliphatic heterocycles. The van der Waals surface area contributed by atoms with Crippen LogP contribution in [0, 0.1) is 17.8 Å². The second-order valence-electron chi connectivity index (χ2n) is 7.97. The van der Waals surface area contributed by atoms with Crippen molar-refractivity contribution in [1.82, 2.24) is 9.27 Å². The van der Waals surface area contributed by atoms with Gasteiger partial charge in [0, 0.05) is 18.4 Å². The molecule has 1 aliphatic carbocycles. The third-order valence-electron chi connectivity index (χ3n) is 6.13. The van der Waals surface area contributed by atoms with Gasteiger partial charge in [-0.1, -0.05) is 0 Å². The summed E-state index contributed by atoms with van der Waals surface area (Å²) in [5.74, 6) is 3.13. The van der Waals surface area contributed by atoms with E-state index >= 15 is 0 Å². The lowest BCUT2D eigenvalue weighted by molar-refractivity contribution is 0.0440. The molecule has 4 nitrogen and oxygen atoms in total. The summed E-state index contributed by atoms with van der Waals surface area (Å²) < 4.78 is 11.4. The molecule has 1 aromatic heterocycles. The van der Waals surface area contributed by atoms with E-state index in [1.54, 1.807) is 0 Å². The van der Waals surface area contributed by atoms with Crippen molar-refractivity contribution in [2.75, 3.05) is 26.2 Å². The Bertz CT molecular complexity index is 790. The van der Waals surface area contributed by atoms with E-state index in [-0.39, 0.29) is 5.78 Å². The van der Waals surface area contributed by atoms with Crippen molar-refractivity contribution in [3.63, 3.8) is 0 Å². The summed E-state index contributed by atoms with van der Waals surface area (Å²) >= 11 is 1.42. The number of aromatic nitrogens is 1. The fourth-order valence-corrected chi connectivity index (χ4v) is 5.18. The van der Waals surface area contributed by atoms with Crippen LogP contribution in [0.15, 0.2) is 18.2 Å². The number of fused-ring (bicyclic) bond motifs is 4. The molecule has 132 valence electrons. The molecule has 1 aromatic carbocycles. The molecule has 2 bridgehead atoms. The van der Waals surface area contributed by atoms with Crippen LogP contribution in [0.2, 0.25) is 0 Å². The zero-order chi connectivity index (χ0) is 16.8. The molecule has 6 rings (SSSR count). The molecule has 5 heteroatoms. The molecule has 1 atom stereocenters. The number of carbonyl (C=O) groups excluding carboxylic acids is 1. The van der Waals surface area contributed by atoms with Crippen LogP contribution in [0.1, 0.15) is 42.6 Å². The average Bonchev–Trinajstić information content (AvgIpc) is 3.38. The number of rotatable bonds is 6. The van der Waals surface area contributed by atoms with Crippen LogP contribution in [0.4, 0.5) is 0 Å². The minimum atomic E-state index is 0.219. The molecule has 4 aliphatic rings. The molecule has 0 radical (unpaired) electrons. The maximum atomic E-state index is 12.9. The molecular formula is C20H24N2O2S. The van der Waals surface area contributed by atoms with Crippen LogP contribution in [0.3, 0.4) is 0 Å². The molecule has 0 amide bonds. The highest BCUT2D eigenvalue weighted by Gasteiger charge is 2.35. The van der Waals surface area contributed by atoms with Crippen LogP contribution >= 0.6 is 11.5 Å². The lowest BCUT2D eigenvalue weighted by atomic mass is 9.76. The van der Waals surface area contributed by atoms with E-state index in [4.69, 9.17) is 4.74 Å². The van der Waals surface area contributed by atoms with Gasteiger partial charge in [-0.3, -0.25) is 4.79 Å². The fraction of sp³-hybridized carbons (Fsp3) is 0.600. The SMILES string of the molecule is O=C(C[C@H]1CN2CCC1CC2)c1nsc2cc(OCC3CC3)ccc12. The lowest BCUT2D eigenvalue weighted by Crippen LogP contribution is -2.47. The third-order valence-corrected chi connectivity index (χ3v) is 6.94. The van der Waals surface area contributed by atoms with Crippen LogP contribution in [0.5, 0.6) is 5.75 Å². The third kappa shape index (κ3) is 3.20. The Labute approximate surface area is 152 Å². The number of hydrogen-bond donors (Lipinski definition) is 0. The first-order valence-electron chi connectivity index (χ1n) is 9.54. The maximum absolute atomic E-state index is 12.9. The zero-order valence-corrected chi connectivity index (χ0v) is 15.3. The summed E-state index contributed by atoms with van der Waals surface area (Å²) in [7, 11) is 0. The highest BCUT2D eigenvalue weighted by molar-refractivity contribution is 7.13. The standard InChI is InChI=1S/C20H24N2O2S/c23-18(9-15-11-22-7-5-14(15)6-8-22)20-17-4-3-16(10-19(17)25-21-20)24-12-13-1-2-13/h3-4,10,13-15H,1-2,5-9,11-12H2/t15-/m0/s1. The van der Waals surface area contributed by atoms with Gasteiger partial charge in [-0.05, 0) is 86.3 Å². The monoisotopic (exact) mass is 356 g/mol. The number of benzene rings is 1. The van der Waals surface area contributed by atoms with Gasteiger partial charge < -0.3 is 9.64 Å². The molecule has 4 fully saturated rings. The number of Topliss-reactive ketones (excluding diaryl/α,β-unsaturated/α-hetero) is 1. The van der Waals surface area contributed by atoms with E-state index in [9.17, 15) is 4.79 Å². The summed E-state index contributed by atoms with van der Waals surface area (Å²) in [5, 5.41) is 0.995. The Morgan fingerprint density at radius 2 is 2.08 bits per heavy atom. The van der Waals surface area contributed by atoms with Crippen LogP contribution in [-0.2, 0) is 0 Å². The first-order valence-corrected chi connectivity index (χ1v) is 10.3. The van der Waals surface area contributed by atoms with Gasteiger partial charge in [-0.25, -0.2) is 0 Å². The van der Waals surface area contributed by atoms with Gasteiger partial charge >= 0.3 is 0 Å². The minimum Gasteiger partial charge on any atom is -0.493 e. The van der Waals surface area contributed by atoms with Crippen LogP contribution < -0.4 is 4.74 Å². The molecular weight excluding hydrogens is 332 g/mol. The van der Waals surface area contributed by atoms with Gasteiger partial charge in [-0.15, -0.1) is 0 Å². The predicted molar refractivity (Wildman–Crippen MR) is 99.4 cm³/mol. The summed E-state index contributed by atoms with van der Waals surface area (Å²) in [6, 6.07) is 6.05. The highest BCUT2D eigenvalue weighted by Crippen LogP contribution is 2.36. The van der Waals surface area contributed by atoms with Crippen molar-refractivity contribution in [3.05, 3.63) is 23.9 Å². The second kappa shape index (κ2) is 6.36. The largest absolute Gasteiger partial charge is 0.493 e. The van der Waals surface area contributed by atoms with Gasteiger partial charge in [-0.2, -0.15) is 4.37 Å². The number of ketones is 1. The Hall–Kier alpha value is -1.46. The van der Waals surface area contributed by atoms with Crippen LogP contribution in [-0.4, -0.2) is 41.3 Å². The average molecular weight is 356 g/mol. The molecule has 4 heterocycles. The number of nitrogens with zero attached hydrogens (tertiary/aromatic N) is 2. The van der Waals surface area contributed by atoms with Crippen molar-refractivity contribution in [2.24, 2.45) is 17.8 Å². The van der Waals surface area contributed by atoms with E-state index in [1.165, 1.54) is 50.3 Å². The Balaban J connectivity index is 1.30. The van der Waals surface area contributed by atoms with Crippen molar-refractivity contribution in [3.8, 4) is 5.75 Å². The lowest BCUT2D eigenvalue weighted by Gasteiger charge is -2.44. The zero-order valence-electron chi connectivity index (χ0n) is 14.4. The predicted octanol–water partition coefficient (Wildman–Crippen LogP) is 4.00. The Morgan fingerprint density at radius 1 is 1.24 bits per heavy atom.